The molecule has 0 aliphatic carbocycles. The van der Waals surface area contributed by atoms with E-state index >= 15 is 0 Å². The summed E-state index contributed by atoms with van der Waals surface area (Å²) in [6.07, 6.45) is 5.36. The van der Waals surface area contributed by atoms with Crippen molar-refractivity contribution >= 4 is 23.3 Å². The van der Waals surface area contributed by atoms with Crippen molar-refractivity contribution < 1.29 is 14.3 Å². The van der Waals surface area contributed by atoms with Gasteiger partial charge in [-0.3, -0.25) is 9.36 Å². The number of benzene rings is 1. The molecule has 1 atom stereocenters. The summed E-state index contributed by atoms with van der Waals surface area (Å²) in [4.78, 5) is 27.9. The van der Waals surface area contributed by atoms with Crippen LogP contribution in [-0.4, -0.2) is 64.3 Å². The van der Waals surface area contributed by atoms with Crippen molar-refractivity contribution in [1.82, 2.24) is 30.2 Å². The fourth-order valence-corrected chi connectivity index (χ4v) is 4.14. The van der Waals surface area contributed by atoms with Gasteiger partial charge in [0.15, 0.2) is 11.5 Å². The molecule has 0 saturated carbocycles. The number of ether oxygens (including phenoxy) is 2. The van der Waals surface area contributed by atoms with Crippen molar-refractivity contribution in [3.63, 3.8) is 0 Å². The highest BCUT2D eigenvalue weighted by atomic mass is 35.5. The van der Waals surface area contributed by atoms with E-state index in [-0.39, 0.29) is 11.9 Å². The van der Waals surface area contributed by atoms with Crippen molar-refractivity contribution in [2.45, 2.75) is 19.0 Å². The van der Waals surface area contributed by atoms with E-state index < -0.39 is 0 Å². The van der Waals surface area contributed by atoms with Crippen LogP contribution in [0.5, 0.6) is 11.5 Å². The molecular weight excluding hydrogens is 446 g/mol. The van der Waals surface area contributed by atoms with Crippen LogP contribution in [0, 0.1) is 0 Å². The third-order valence-electron chi connectivity index (χ3n) is 5.57. The molecule has 2 aliphatic rings. The van der Waals surface area contributed by atoms with Gasteiger partial charge in [0.2, 0.25) is 11.9 Å². The number of anilines is 1. The number of nitrogens with zero attached hydrogens (tertiary/aromatic N) is 5. The van der Waals surface area contributed by atoms with Crippen LogP contribution in [-0.2, 0) is 11.3 Å². The maximum Gasteiger partial charge on any atom is 0.238 e. The summed E-state index contributed by atoms with van der Waals surface area (Å²) in [5, 5.41) is 6.71. The third-order valence-corrected chi connectivity index (χ3v) is 5.76. The molecule has 0 bridgehead atoms. The van der Waals surface area contributed by atoms with E-state index in [2.05, 4.69) is 30.5 Å². The first-order valence-corrected chi connectivity index (χ1v) is 11.2. The summed E-state index contributed by atoms with van der Waals surface area (Å²) in [6.45, 7) is 3.66. The lowest BCUT2D eigenvalue weighted by atomic mass is 10.1. The van der Waals surface area contributed by atoms with E-state index in [1.165, 1.54) is 0 Å². The third kappa shape index (κ3) is 5.01. The van der Waals surface area contributed by atoms with Crippen molar-refractivity contribution in [3.05, 3.63) is 53.7 Å². The molecule has 1 fully saturated rings. The monoisotopic (exact) mass is 469 g/mol. The quantitative estimate of drug-likeness (QED) is 0.524. The Morgan fingerprint density at radius 2 is 2.09 bits per heavy atom. The van der Waals surface area contributed by atoms with Crippen LogP contribution in [0.1, 0.15) is 12.0 Å². The van der Waals surface area contributed by atoms with Crippen molar-refractivity contribution in [1.29, 1.82) is 0 Å². The van der Waals surface area contributed by atoms with E-state index in [1.54, 1.807) is 29.4 Å². The molecule has 10 nitrogen and oxygen atoms in total. The fraction of sp³-hybridized carbons (Fsp3) is 0.364. The fourth-order valence-electron chi connectivity index (χ4n) is 3.96. The molecule has 2 aromatic heterocycles. The summed E-state index contributed by atoms with van der Waals surface area (Å²) >= 11 is 6.28. The average molecular weight is 470 g/mol. The van der Waals surface area contributed by atoms with E-state index in [0.717, 1.165) is 17.9 Å². The zero-order valence-corrected chi connectivity index (χ0v) is 18.7. The van der Waals surface area contributed by atoms with Gasteiger partial charge in [-0.25, -0.2) is 9.97 Å². The molecule has 0 spiro atoms. The van der Waals surface area contributed by atoms with Crippen LogP contribution < -0.4 is 25.0 Å². The minimum atomic E-state index is -0.0689. The number of imidazole rings is 1. The second kappa shape index (κ2) is 9.63. The second-order valence-electron chi connectivity index (χ2n) is 7.83. The zero-order chi connectivity index (χ0) is 22.6. The number of nitrogens with one attached hydrogen (secondary N) is 2. The maximum absolute atomic E-state index is 12.8. The zero-order valence-electron chi connectivity index (χ0n) is 17.9. The number of carbonyl (C=O) groups is 1. The number of aromatic nitrogens is 4. The largest absolute Gasteiger partial charge is 0.486 e. The highest BCUT2D eigenvalue weighted by Crippen LogP contribution is 2.30. The summed E-state index contributed by atoms with van der Waals surface area (Å²) in [7, 11) is 0. The van der Waals surface area contributed by atoms with Gasteiger partial charge in [0, 0.05) is 51.1 Å². The number of piperazine rings is 1. The summed E-state index contributed by atoms with van der Waals surface area (Å²) < 4.78 is 12.9. The Labute approximate surface area is 195 Å². The van der Waals surface area contributed by atoms with Gasteiger partial charge >= 0.3 is 0 Å². The molecule has 3 aromatic rings. The van der Waals surface area contributed by atoms with E-state index in [1.807, 2.05) is 18.2 Å². The molecule has 172 valence electrons. The number of amides is 1. The lowest BCUT2D eigenvalue weighted by Gasteiger charge is -2.37. The Bertz CT molecular complexity index is 1130. The SMILES string of the molecule is O=C(CC1CNCCN1c1cc(Cl)nc(-n2ccnc2)n1)NCc1ccc2c(c1)OCCO2. The van der Waals surface area contributed by atoms with Crippen LogP contribution in [0.25, 0.3) is 5.95 Å². The molecule has 33 heavy (non-hydrogen) atoms. The molecule has 2 N–H and O–H groups in total. The van der Waals surface area contributed by atoms with Crippen LogP contribution in [0.4, 0.5) is 5.82 Å². The van der Waals surface area contributed by atoms with Crippen molar-refractivity contribution in [2.24, 2.45) is 0 Å². The minimum absolute atomic E-state index is 0.0430. The molecule has 1 unspecified atom stereocenters. The molecule has 1 saturated heterocycles. The molecule has 11 heteroatoms. The molecule has 2 aliphatic heterocycles. The van der Waals surface area contributed by atoms with Gasteiger partial charge in [-0.2, -0.15) is 4.98 Å². The summed E-state index contributed by atoms with van der Waals surface area (Å²) in [6, 6.07) is 7.37. The van der Waals surface area contributed by atoms with Gasteiger partial charge in [0.05, 0.1) is 6.04 Å². The maximum atomic E-state index is 12.8. The van der Waals surface area contributed by atoms with Gasteiger partial charge in [-0.15, -0.1) is 0 Å². The highest BCUT2D eigenvalue weighted by molar-refractivity contribution is 6.29. The van der Waals surface area contributed by atoms with Gasteiger partial charge in [0.1, 0.15) is 30.5 Å². The highest BCUT2D eigenvalue weighted by Gasteiger charge is 2.26. The smallest absolute Gasteiger partial charge is 0.238 e. The Morgan fingerprint density at radius 3 is 2.94 bits per heavy atom. The lowest BCUT2D eigenvalue weighted by Crippen LogP contribution is -2.53. The van der Waals surface area contributed by atoms with Gasteiger partial charge in [-0.1, -0.05) is 17.7 Å². The van der Waals surface area contributed by atoms with E-state index in [4.69, 9.17) is 21.1 Å². The number of hydrogen-bond acceptors (Lipinski definition) is 8. The first kappa shape index (κ1) is 21.5. The topological polar surface area (TPSA) is 106 Å². The predicted octanol–water partition coefficient (Wildman–Crippen LogP) is 1.57. The first-order valence-electron chi connectivity index (χ1n) is 10.8. The van der Waals surface area contributed by atoms with Crippen molar-refractivity contribution in [3.8, 4) is 17.4 Å². The summed E-state index contributed by atoms with van der Waals surface area (Å²) in [5.41, 5.74) is 0.957. The lowest BCUT2D eigenvalue weighted by molar-refractivity contribution is -0.121. The van der Waals surface area contributed by atoms with Gasteiger partial charge in [-0.05, 0) is 17.7 Å². The number of fused-ring (bicyclic) bond motifs is 1. The molecule has 1 amide bonds. The molecule has 1 aromatic carbocycles. The Balaban J connectivity index is 1.25. The Morgan fingerprint density at radius 1 is 1.21 bits per heavy atom. The number of carbonyl (C=O) groups excluding carboxylic acids is 1. The van der Waals surface area contributed by atoms with Crippen LogP contribution in [0.2, 0.25) is 5.15 Å². The van der Waals surface area contributed by atoms with Crippen LogP contribution >= 0.6 is 11.6 Å². The Hall–Kier alpha value is -3.37. The van der Waals surface area contributed by atoms with Crippen LogP contribution in [0.3, 0.4) is 0 Å². The molecular formula is C22H24ClN7O3. The molecule has 4 heterocycles. The standard InChI is InChI=1S/C22H24ClN7O3/c23-19-11-20(28-22(27-19)29-5-3-25-14-29)30-6-4-24-13-16(30)10-21(31)26-12-15-1-2-17-18(9-15)33-8-7-32-17/h1-3,5,9,11,14,16,24H,4,6-8,10,12-13H2,(H,26,31). The minimum Gasteiger partial charge on any atom is -0.486 e. The normalized spacial score (nSPS) is 17.6. The van der Waals surface area contributed by atoms with E-state index in [9.17, 15) is 4.79 Å². The van der Waals surface area contributed by atoms with Gasteiger partial charge in [0.25, 0.3) is 0 Å². The second-order valence-corrected chi connectivity index (χ2v) is 8.22. The van der Waals surface area contributed by atoms with Gasteiger partial charge < -0.3 is 25.0 Å². The van der Waals surface area contributed by atoms with Crippen molar-refractivity contribution in [2.75, 3.05) is 37.7 Å². The Kier molecular flexibility index (Phi) is 6.27. The summed E-state index contributed by atoms with van der Waals surface area (Å²) in [5.74, 6) is 2.53. The number of halogens is 1. The van der Waals surface area contributed by atoms with E-state index in [0.29, 0.717) is 61.9 Å². The predicted molar refractivity (Wildman–Crippen MR) is 122 cm³/mol. The number of hydrogen-bond donors (Lipinski definition) is 2. The molecule has 0 radical (unpaired) electrons. The molecule has 5 rings (SSSR count). The first-order chi connectivity index (χ1) is 16.2. The van der Waals surface area contributed by atoms with Crippen LogP contribution in [0.15, 0.2) is 43.0 Å². The number of rotatable bonds is 6. The average Bonchev–Trinajstić information content (AvgIpc) is 3.38.